The fourth-order valence-corrected chi connectivity index (χ4v) is 11.2. The second-order valence-corrected chi connectivity index (χ2v) is 15.1. The Morgan fingerprint density at radius 3 is 1.73 bits per heavy atom. The van der Waals surface area contributed by atoms with Crippen LogP contribution in [0, 0.1) is 0 Å². The fraction of sp³-hybridized carbons (Fsp3) is 0.368. The second-order valence-electron chi connectivity index (χ2n) is 12.3. The van der Waals surface area contributed by atoms with E-state index < -0.39 is 7.32 Å². The normalized spacial score (nSPS) is 16.0. The molecular weight excluding hydrogens is 578 g/mol. The lowest BCUT2D eigenvalue weighted by molar-refractivity contribution is 0.289. The van der Waals surface area contributed by atoms with Crippen molar-refractivity contribution in [3.63, 3.8) is 0 Å². The molecule has 0 saturated heterocycles. The molecular formula is C38H44BO5P. The first kappa shape index (κ1) is 31.7. The summed E-state index contributed by atoms with van der Waals surface area (Å²) in [7, 11) is 1.60. The maximum atomic E-state index is 9.14. The predicted molar refractivity (Wildman–Crippen MR) is 190 cm³/mol. The highest BCUT2D eigenvalue weighted by atomic mass is 31.1. The molecule has 0 spiro atoms. The van der Waals surface area contributed by atoms with Gasteiger partial charge in [0.2, 0.25) is 0 Å². The molecule has 2 fully saturated rings. The van der Waals surface area contributed by atoms with E-state index in [9.17, 15) is 0 Å². The minimum Gasteiger partial charge on any atom is -0.511 e. The predicted octanol–water partition coefficient (Wildman–Crippen LogP) is 8.97. The zero-order valence-electron chi connectivity index (χ0n) is 26.5. The van der Waals surface area contributed by atoms with Gasteiger partial charge in [0, 0.05) is 11.5 Å². The number of ether oxygens (including phenoxy) is 2. The number of fused-ring (bicyclic) bond motifs is 4. The van der Waals surface area contributed by atoms with Crippen molar-refractivity contribution in [2.75, 3.05) is 14.2 Å². The monoisotopic (exact) mass is 622 g/mol. The van der Waals surface area contributed by atoms with Gasteiger partial charge >= 0.3 is 7.32 Å². The third-order valence-corrected chi connectivity index (χ3v) is 13.0. The molecule has 0 amide bonds. The van der Waals surface area contributed by atoms with Gasteiger partial charge in [0.15, 0.2) is 0 Å². The Hall–Kier alpha value is -3.31. The van der Waals surface area contributed by atoms with Crippen LogP contribution in [0.25, 0.3) is 32.3 Å². The van der Waals surface area contributed by atoms with E-state index in [2.05, 4.69) is 42.5 Å². The summed E-state index contributed by atoms with van der Waals surface area (Å²) in [6.07, 6.45) is 14.3. The Labute approximate surface area is 268 Å². The minimum atomic E-state index is -1.83. The Balaban J connectivity index is 0.000000159. The molecule has 45 heavy (non-hydrogen) atoms. The standard InChI is InChI=1S/C20H31O2P.C18H13BO3/c1-21-16-13-17(22-2)15-20(14-16)23(18-9-5-3-6-10-18)19-11-7-4-8-12-19;20-19(21)22-17-7-3-6-12-8-9-15-10-13-4-1-2-5-14(13)11-16(15)18(12)17/h13-15,18-19H,3-12H2,1-2H3;1-11,20-21H. The van der Waals surface area contributed by atoms with E-state index in [0.717, 1.165) is 49.7 Å². The summed E-state index contributed by atoms with van der Waals surface area (Å²) in [6, 6.07) is 28.7. The van der Waals surface area contributed by atoms with Crippen LogP contribution in [0.5, 0.6) is 17.2 Å². The zero-order valence-corrected chi connectivity index (χ0v) is 27.3. The first-order valence-corrected chi connectivity index (χ1v) is 17.9. The molecule has 0 radical (unpaired) electrons. The third-order valence-electron chi connectivity index (χ3n) is 9.49. The highest BCUT2D eigenvalue weighted by Crippen LogP contribution is 2.55. The fourth-order valence-electron chi connectivity index (χ4n) is 7.36. The molecule has 2 aliphatic rings. The molecule has 0 unspecified atom stereocenters. The number of benzene rings is 5. The number of rotatable bonds is 7. The maximum absolute atomic E-state index is 9.14. The molecule has 7 rings (SSSR count). The SMILES string of the molecule is COc1cc(OC)cc(P(C2CCCCC2)C2CCCCC2)c1.OB(O)Oc1cccc2ccc3cc4ccccc4cc3c12. The van der Waals surface area contributed by atoms with Crippen molar-refractivity contribution in [3.8, 4) is 17.2 Å². The van der Waals surface area contributed by atoms with Gasteiger partial charge in [0.05, 0.1) is 14.2 Å². The van der Waals surface area contributed by atoms with Gasteiger partial charge in [-0.2, -0.15) is 0 Å². The van der Waals surface area contributed by atoms with Crippen LogP contribution in [0.4, 0.5) is 0 Å². The lowest BCUT2D eigenvalue weighted by atomic mass is 9.97. The highest BCUT2D eigenvalue weighted by Gasteiger charge is 2.32. The van der Waals surface area contributed by atoms with Crippen molar-refractivity contribution in [1.82, 2.24) is 0 Å². The molecule has 2 saturated carbocycles. The van der Waals surface area contributed by atoms with E-state index in [1.807, 2.05) is 36.4 Å². The van der Waals surface area contributed by atoms with E-state index in [1.54, 1.807) is 20.3 Å². The van der Waals surface area contributed by atoms with Gasteiger partial charge in [-0.1, -0.05) is 95.0 Å². The average Bonchev–Trinajstić information content (AvgIpc) is 3.08. The summed E-state index contributed by atoms with van der Waals surface area (Å²) >= 11 is 0. The van der Waals surface area contributed by atoms with Gasteiger partial charge in [0.1, 0.15) is 17.2 Å². The van der Waals surface area contributed by atoms with Gasteiger partial charge in [-0.25, -0.2) is 0 Å². The van der Waals surface area contributed by atoms with Gasteiger partial charge < -0.3 is 24.2 Å². The van der Waals surface area contributed by atoms with E-state index in [-0.39, 0.29) is 7.92 Å². The van der Waals surface area contributed by atoms with Crippen LogP contribution in [-0.4, -0.2) is 42.9 Å². The maximum Gasteiger partial charge on any atom is 0.707 e. The van der Waals surface area contributed by atoms with E-state index in [4.69, 9.17) is 24.2 Å². The van der Waals surface area contributed by atoms with Crippen LogP contribution >= 0.6 is 7.92 Å². The first-order chi connectivity index (χ1) is 22.0. The largest absolute Gasteiger partial charge is 0.707 e. The van der Waals surface area contributed by atoms with Crippen molar-refractivity contribution in [2.45, 2.75) is 75.5 Å². The van der Waals surface area contributed by atoms with Crippen LogP contribution in [0.3, 0.4) is 0 Å². The molecule has 2 aliphatic carbocycles. The third kappa shape index (κ3) is 7.41. The molecule has 0 aliphatic heterocycles. The summed E-state index contributed by atoms with van der Waals surface area (Å²) in [6.45, 7) is 0. The molecule has 0 heterocycles. The van der Waals surface area contributed by atoms with Crippen molar-refractivity contribution < 1.29 is 24.2 Å². The summed E-state index contributed by atoms with van der Waals surface area (Å²) in [5, 5.41) is 26.1. The topological polar surface area (TPSA) is 68.2 Å². The average molecular weight is 623 g/mol. The Bertz CT molecular complexity index is 1690. The first-order valence-electron chi connectivity index (χ1n) is 16.4. The van der Waals surface area contributed by atoms with Crippen LogP contribution < -0.4 is 19.4 Å². The second kappa shape index (κ2) is 14.9. The van der Waals surface area contributed by atoms with Crippen molar-refractivity contribution in [3.05, 3.63) is 84.9 Å². The Kier molecular flexibility index (Phi) is 10.5. The molecule has 0 aromatic heterocycles. The van der Waals surface area contributed by atoms with Crippen molar-refractivity contribution >= 4 is 52.9 Å². The smallest absolute Gasteiger partial charge is 0.511 e. The lowest BCUT2D eigenvalue weighted by Gasteiger charge is -2.39. The highest BCUT2D eigenvalue weighted by molar-refractivity contribution is 7.67. The number of methoxy groups -OCH3 is 2. The molecule has 234 valence electrons. The van der Waals surface area contributed by atoms with Gasteiger partial charge in [-0.3, -0.25) is 0 Å². The van der Waals surface area contributed by atoms with Crippen LogP contribution in [0.2, 0.25) is 0 Å². The summed E-state index contributed by atoms with van der Waals surface area (Å²) in [5.41, 5.74) is 1.83. The quantitative estimate of drug-likeness (QED) is 0.0821. The van der Waals surface area contributed by atoms with E-state index >= 15 is 0 Å². The molecule has 5 nitrogen and oxygen atoms in total. The van der Waals surface area contributed by atoms with Crippen LogP contribution in [0.15, 0.2) is 84.9 Å². The van der Waals surface area contributed by atoms with Crippen LogP contribution in [-0.2, 0) is 0 Å². The molecule has 2 N–H and O–H groups in total. The van der Waals surface area contributed by atoms with Crippen molar-refractivity contribution in [2.24, 2.45) is 0 Å². The van der Waals surface area contributed by atoms with E-state index in [0.29, 0.717) is 5.75 Å². The molecule has 0 atom stereocenters. The summed E-state index contributed by atoms with van der Waals surface area (Å²) < 4.78 is 16.3. The Morgan fingerprint density at radius 1 is 0.600 bits per heavy atom. The summed E-state index contributed by atoms with van der Waals surface area (Å²) in [5.74, 6) is 2.38. The van der Waals surface area contributed by atoms with Crippen LogP contribution in [0.1, 0.15) is 64.2 Å². The molecule has 7 heteroatoms. The van der Waals surface area contributed by atoms with Crippen molar-refractivity contribution in [1.29, 1.82) is 0 Å². The van der Waals surface area contributed by atoms with E-state index in [1.165, 1.54) is 74.9 Å². The molecule has 0 bridgehead atoms. The lowest BCUT2D eigenvalue weighted by Crippen LogP contribution is -2.26. The van der Waals surface area contributed by atoms with Gasteiger partial charge in [-0.15, -0.1) is 0 Å². The molecule has 5 aromatic carbocycles. The van der Waals surface area contributed by atoms with Gasteiger partial charge in [-0.05, 0) is 99.6 Å². The summed E-state index contributed by atoms with van der Waals surface area (Å²) in [4.78, 5) is 0. The molecule has 5 aromatic rings. The van der Waals surface area contributed by atoms with Gasteiger partial charge in [0.25, 0.3) is 0 Å². The number of hydrogen-bond donors (Lipinski definition) is 2. The zero-order chi connectivity index (χ0) is 31.2. The minimum absolute atomic E-state index is 0.0959. The Morgan fingerprint density at radius 2 is 1.16 bits per heavy atom. The number of hydrogen-bond acceptors (Lipinski definition) is 5.